The van der Waals surface area contributed by atoms with Gasteiger partial charge in [0.2, 0.25) is 0 Å². The molecule has 0 spiro atoms. The van der Waals surface area contributed by atoms with Gasteiger partial charge in [-0.05, 0) is 6.42 Å². The lowest BCUT2D eigenvalue weighted by Crippen LogP contribution is -2.31. The van der Waals surface area contributed by atoms with Crippen LogP contribution in [0.15, 0.2) is 0 Å². The highest BCUT2D eigenvalue weighted by molar-refractivity contribution is 5.67. The van der Waals surface area contributed by atoms with Gasteiger partial charge in [-0.3, -0.25) is 0 Å². The Morgan fingerprint density at radius 3 is 2.62 bits per heavy atom. The van der Waals surface area contributed by atoms with Gasteiger partial charge in [-0.15, -0.1) is 0 Å². The number of carbonyl (C=O) groups is 1. The molecule has 0 aliphatic carbocycles. The molecule has 5 nitrogen and oxygen atoms in total. The molecule has 0 bridgehead atoms. The average Bonchev–Trinajstić information content (AvgIpc) is 2.14. The van der Waals surface area contributed by atoms with Crippen molar-refractivity contribution in [3.8, 4) is 0 Å². The fourth-order valence-electron chi connectivity index (χ4n) is 0.815. The molecular weight excluding hydrogens is 231 g/mol. The second-order valence-corrected chi connectivity index (χ2v) is 3.02. The van der Waals surface area contributed by atoms with Gasteiger partial charge < -0.3 is 19.9 Å². The number of amides is 1. The Balaban J connectivity index is 3.51. The summed E-state index contributed by atoms with van der Waals surface area (Å²) in [5.41, 5.74) is 0. The molecule has 0 fully saturated rings. The van der Waals surface area contributed by atoms with Crippen LogP contribution in [0.2, 0.25) is 0 Å². The molecule has 0 saturated heterocycles. The maximum Gasteiger partial charge on any atom is 0.422 e. The average molecular weight is 245 g/mol. The quantitative estimate of drug-likeness (QED) is 0.721. The van der Waals surface area contributed by atoms with Gasteiger partial charge in [-0.2, -0.15) is 13.2 Å². The van der Waals surface area contributed by atoms with E-state index < -0.39 is 25.0 Å². The molecule has 0 radical (unpaired) electrons. The van der Waals surface area contributed by atoms with E-state index in [1.54, 1.807) is 0 Å². The van der Waals surface area contributed by atoms with E-state index in [1.807, 2.05) is 0 Å². The van der Waals surface area contributed by atoms with Gasteiger partial charge in [0.05, 0.1) is 12.7 Å². The summed E-state index contributed by atoms with van der Waals surface area (Å²) in [5, 5.41) is 11.2. The van der Waals surface area contributed by atoms with E-state index in [0.29, 0.717) is 0 Å². The number of carbonyl (C=O) groups excluding carboxylic acids is 1. The molecule has 1 unspecified atom stereocenters. The predicted octanol–water partition coefficient (Wildman–Crippen LogP) is 0.672. The summed E-state index contributed by atoms with van der Waals surface area (Å²) in [6, 6.07) is 0. The molecule has 0 aliphatic rings. The molecule has 16 heavy (non-hydrogen) atoms. The number of hydrogen-bond acceptors (Lipinski definition) is 4. The lowest BCUT2D eigenvalue weighted by Gasteiger charge is -2.11. The van der Waals surface area contributed by atoms with Crippen molar-refractivity contribution >= 4 is 6.09 Å². The van der Waals surface area contributed by atoms with Crippen LogP contribution < -0.4 is 5.32 Å². The minimum atomic E-state index is -4.53. The van der Waals surface area contributed by atoms with Crippen molar-refractivity contribution < 1.29 is 32.5 Å². The molecule has 0 aromatic rings. The molecule has 1 amide bonds. The third-order valence-corrected chi connectivity index (χ3v) is 1.47. The maximum absolute atomic E-state index is 11.6. The molecule has 0 rings (SSSR count). The zero-order valence-corrected chi connectivity index (χ0v) is 8.71. The first-order chi connectivity index (χ1) is 7.35. The number of nitrogens with one attached hydrogen (secondary N) is 1. The Bertz CT molecular complexity index is 210. The Morgan fingerprint density at radius 1 is 1.50 bits per heavy atom. The monoisotopic (exact) mass is 245 g/mol. The van der Waals surface area contributed by atoms with Crippen molar-refractivity contribution in [3.63, 3.8) is 0 Å². The zero-order chi connectivity index (χ0) is 12.6. The summed E-state index contributed by atoms with van der Waals surface area (Å²) < 4.78 is 43.3. The molecule has 0 aliphatic heterocycles. The number of methoxy groups -OCH3 is 1. The van der Waals surface area contributed by atoms with Gasteiger partial charge in [-0.1, -0.05) is 0 Å². The topological polar surface area (TPSA) is 67.8 Å². The van der Waals surface area contributed by atoms with E-state index in [2.05, 4.69) is 14.8 Å². The third-order valence-electron chi connectivity index (χ3n) is 1.47. The highest BCUT2D eigenvalue weighted by atomic mass is 19.4. The van der Waals surface area contributed by atoms with E-state index in [-0.39, 0.29) is 19.6 Å². The van der Waals surface area contributed by atoms with Crippen molar-refractivity contribution in [3.05, 3.63) is 0 Å². The van der Waals surface area contributed by atoms with Crippen LogP contribution in [0, 0.1) is 0 Å². The van der Waals surface area contributed by atoms with Crippen molar-refractivity contribution in [2.75, 3.05) is 26.9 Å². The number of rotatable bonds is 6. The molecular formula is C8H14F3NO4. The predicted molar refractivity (Wildman–Crippen MR) is 47.9 cm³/mol. The fourth-order valence-corrected chi connectivity index (χ4v) is 0.815. The molecule has 0 aromatic heterocycles. The minimum absolute atomic E-state index is 0.0151. The highest BCUT2D eigenvalue weighted by Gasteiger charge is 2.29. The highest BCUT2D eigenvalue weighted by Crippen LogP contribution is 2.14. The van der Waals surface area contributed by atoms with Crippen LogP contribution in [0.1, 0.15) is 6.42 Å². The van der Waals surface area contributed by atoms with Crippen molar-refractivity contribution in [2.45, 2.75) is 18.7 Å². The molecule has 96 valence electrons. The van der Waals surface area contributed by atoms with E-state index in [1.165, 1.54) is 7.11 Å². The molecule has 1 atom stereocenters. The van der Waals surface area contributed by atoms with E-state index in [0.717, 1.165) is 0 Å². The number of alkyl carbamates (subject to hydrolysis) is 1. The second kappa shape index (κ2) is 7.29. The summed E-state index contributed by atoms with van der Waals surface area (Å²) >= 11 is 0. The molecule has 0 aromatic carbocycles. The molecule has 0 saturated carbocycles. The van der Waals surface area contributed by atoms with Crippen LogP contribution in [0.3, 0.4) is 0 Å². The first-order valence-electron chi connectivity index (χ1n) is 4.49. The summed E-state index contributed by atoms with van der Waals surface area (Å²) in [5.74, 6) is 0. The van der Waals surface area contributed by atoms with Gasteiger partial charge >= 0.3 is 12.3 Å². The number of ether oxygens (including phenoxy) is 2. The van der Waals surface area contributed by atoms with Gasteiger partial charge in [0, 0.05) is 13.7 Å². The smallest absolute Gasteiger partial charge is 0.422 e. The summed E-state index contributed by atoms with van der Waals surface area (Å²) in [6.45, 7) is -1.51. The summed E-state index contributed by atoms with van der Waals surface area (Å²) in [7, 11) is 1.40. The Kier molecular flexibility index (Phi) is 6.82. The number of halogens is 3. The van der Waals surface area contributed by atoms with E-state index in [9.17, 15) is 18.0 Å². The largest absolute Gasteiger partial charge is 0.440 e. The van der Waals surface area contributed by atoms with Crippen LogP contribution in [0.4, 0.5) is 18.0 Å². The van der Waals surface area contributed by atoms with Crippen molar-refractivity contribution in [2.24, 2.45) is 0 Å². The first-order valence-corrected chi connectivity index (χ1v) is 4.49. The normalized spacial score (nSPS) is 13.3. The van der Waals surface area contributed by atoms with Crippen LogP contribution in [-0.4, -0.2) is 50.3 Å². The van der Waals surface area contributed by atoms with Crippen LogP contribution >= 0.6 is 0 Å². The molecule has 8 heteroatoms. The zero-order valence-electron chi connectivity index (χ0n) is 8.71. The van der Waals surface area contributed by atoms with Gasteiger partial charge in [0.15, 0.2) is 6.61 Å². The van der Waals surface area contributed by atoms with Crippen molar-refractivity contribution in [1.29, 1.82) is 0 Å². The standard InChI is InChI=1S/C8H14F3NO4/c1-15-4-6(13)2-3-12-7(14)16-5-8(9,10)11/h6,13H,2-5H2,1H3,(H,12,14). The van der Waals surface area contributed by atoms with Crippen LogP contribution in [-0.2, 0) is 9.47 Å². The number of alkyl halides is 3. The van der Waals surface area contributed by atoms with Gasteiger partial charge in [0.25, 0.3) is 0 Å². The van der Waals surface area contributed by atoms with Gasteiger partial charge in [-0.25, -0.2) is 4.79 Å². The lowest BCUT2D eigenvalue weighted by atomic mass is 10.3. The van der Waals surface area contributed by atoms with Crippen LogP contribution in [0.5, 0.6) is 0 Å². The summed E-state index contributed by atoms with van der Waals surface area (Å²) in [6.07, 6.45) is -6.29. The first kappa shape index (κ1) is 15.0. The lowest BCUT2D eigenvalue weighted by molar-refractivity contribution is -0.160. The number of hydrogen-bond donors (Lipinski definition) is 2. The number of aliphatic hydroxyl groups excluding tert-OH is 1. The Hall–Kier alpha value is -1.02. The van der Waals surface area contributed by atoms with Crippen LogP contribution in [0.25, 0.3) is 0 Å². The van der Waals surface area contributed by atoms with Crippen molar-refractivity contribution in [1.82, 2.24) is 5.32 Å². The molecule has 2 N–H and O–H groups in total. The molecule has 0 heterocycles. The summed E-state index contributed by atoms with van der Waals surface area (Å²) in [4.78, 5) is 10.7. The fraction of sp³-hybridized carbons (Fsp3) is 0.875. The minimum Gasteiger partial charge on any atom is -0.440 e. The second-order valence-electron chi connectivity index (χ2n) is 3.02. The number of aliphatic hydroxyl groups is 1. The Labute approximate surface area is 90.5 Å². The van der Waals surface area contributed by atoms with Gasteiger partial charge in [0.1, 0.15) is 0 Å². The third kappa shape index (κ3) is 9.53. The van der Waals surface area contributed by atoms with E-state index in [4.69, 9.17) is 5.11 Å². The Morgan fingerprint density at radius 2 is 2.12 bits per heavy atom. The van der Waals surface area contributed by atoms with E-state index >= 15 is 0 Å². The SMILES string of the molecule is COCC(O)CCNC(=O)OCC(F)(F)F. The maximum atomic E-state index is 11.6.